The van der Waals surface area contributed by atoms with Crippen LogP contribution in [0.4, 0.5) is 10.2 Å². The van der Waals surface area contributed by atoms with Gasteiger partial charge in [-0.1, -0.05) is 24.3 Å². The molecule has 2 aromatic carbocycles. The lowest BCUT2D eigenvalue weighted by molar-refractivity contribution is 0.628. The van der Waals surface area contributed by atoms with Crippen molar-refractivity contribution in [1.82, 2.24) is 4.98 Å². The fourth-order valence-electron chi connectivity index (χ4n) is 2.46. The second-order valence-electron chi connectivity index (χ2n) is 5.10. The quantitative estimate of drug-likeness (QED) is 0.795. The minimum Gasteiger partial charge on any atom is -0.383 e. The van der Waals surface area contributed by atoms with Gasteiger partial charge in [-0.3, -0.25) is 4.21 Å². The molecule has 5 heteroatoms. The molecule has 0 bridgehead atoms. The molecule has 23 heavy (non-hydrogen) atoms. The zero-order valence-corrected chi connectivity index (χ0v) is 13.3. The van der Waals surface area contributed by atoms with Crippen molar-refractivity contribution in [1.29, 1.82) is 0 Å². The van der Waals surface area contributed by atoms with Crippen molar-refractivity contribution in [2.24, 2.45) is 0 Å². The number of hydrogen-bond acceptors (Lipinski definition) is 3. The molecule has 0 radical (unpaired) electrons. The van der Waals surface area contributed by atoms with Gasteiger partial charge in [-0.05, 0) is 47.0 Å². The lowest BCUT2D eigenvalue weighted by Crippen LogP contribution is -1.97. The number of nitrogens with zero attached hydrogens (tertiary/aromatic N) is 1. The third-order valence-corrected chi connectivity index (χ3v) is 4.55. The van der Waals surface area contributed by atoms with E-state index in [-0.39, 0.29) is 5.82 Å². The van der Waals surface area contributed by atoms with Gasteiger partial charge in [-0.15, -0.1) is 0 Å². The van der Waals surface area contributed by atoms with Crippen LogP contribution in [0.25, 0.3) is 22.3 Å². The standard InChI is InChI=1S/C18H15FN2OS/c1-23(22)15-8-4-12(5-9-15)16-10-11-21-18(20)17(16)13-2-6-14(19)7-3-13/h2-11H,1H3,(H2,20,21). The predicted octanol–water partition coefficient (Wildman–Crippen LogP) is 3.87. The zero-order valence-electron chi connectivity index (χ0n) is 12.5. The molecule has 3 aromatic rings. The van der Waals surface area contributed by atoms with Gasteiger partial charge in [0.1, 0.15) is 11.6 Å². The van der Waals surface area contributed by atoms with Crippen LogP contribution >= 0.6 is 0 Å². The number of pyridine rings is 1. The Morgan fingerprint density at radius 2 is 1.57 bits per heavy atom. The van der Waals surface area contributed by atoms with Gasteiger partial charge in [0.05, 0.1) is 0 Å². The Morgan fingerprint density at radius 3 is 2.17 bits per heavy atom. The summed E-state index contributed by atoms with van der Waals surface area (Å²) in [6.07, 6.45) is 3.28. The highest BCUT2D eigenvalue weighted by molar-refractivity contribution is 7.84. The number of benzene rings is 2. The minimum atomic E-state index is -1.02. The van der Waals surface area contributed by atoms with E-state index >= 15 is 0 Å². The van der Waals surface area contributed by atoms with Crippen LogP contribution in [0, 0.1) is 5.82 Å². The number of aromatic nitrogens is 1. The Labute approximate surface area is 136 Å². The van der Waals surface area contributed by atoms with E-state index in [1.54, 1.807) is 24.6 Å². The van der Waals surface area contributed by atoms with Gasteiger partial charge in [0.25, 0.3) is 0 Å². The fraction of sp³-hybridized carbons (Fsp3) is 0.0556. The first-order valence-electron chi connectivity index (χ1n) is 7.00. The third-order valence-electron chi connectivity index (χ3n) is 3.61. The van der Waals surface area contributed by atoms with Crippen molar-refractivity contribution < 1.29 is 8.60 Å². The van der Waals surface area contributed by atoms with Crippen molar-refractivity contribution in [3.63, 3.8) is 0 Å². The number of nitrogen functional groups attached to an aromatic ring is 1. The second-order valence-corrected chi connectivity index (χ2v) is 6.48. The summed E-state index contributed by atoms with van der Waals surface area (Å²) in [6, 6.07) is 15.5. The SMILES string of the molecule is CS(=O)c1ccc(-c2ccnc(N)c2-c2ccc(F)cc2)cc1. The van der Waals surface area contributed by atoms with Crippen LogP contribution in [0.15, 0.2) is 65.7 Å². The van der Waals surface area contributed by atoms with Crippen LogP contribution in [0.5, 0.6) is 0 Å². The molecule has 0 amide bonds. The monoisotopic (exact) mass is 326 g/mol. The zero-order chi connectivity index (χ0) is 16.4. The lowest BCUT2D eigenvalue weighted by atomic mass is 9.95. The molecular formula is C18H15FN2OS. The summed E-state index contributed by atoms with van der Waals surface area (Å²) in [4.78, 5) is 4.91. The van der Waals surface area contributed by atoms with E-state index in [9.17, 15) is 8.60 Å². The molecule has 0 aliphatic rings. The Hall–Kier alpha value is -2.53. The molecule has 1 unspecified atom stereocenters. The number of hydrogen-bond donors (Lipinski definition) is 1. The molecule has 1 heterocycles. The van der Waals surface area contributed by atoms with Crippen LogP contribution in [0.3, 0.4) is 0 Å². The number of anilines is 1. The molecule has 2 N–H and O–H groups in total. The van der Waals surface area contributed by atoms with Gasteiger partial charge in [-0.2, -0.15) is 0 Å². The van der Waals surface area contributed by atoms with Gasteiger partial charge in [0, 0.05) is 33.7 Å². The van der Waals surface area contributed by atoms with Gasteiger partial charge in [0.2, 0.25) is 0 Å². The molecular weight excluding hydrogens is 311 g/mol. The highest BCUT2D eigenvalue weighted by atomic mass is 32.2. The lowest BCUT2D eigenvalue weighted by Gasteiger charge is -2.12. The van der Waals surface area contributed by atoms with Crippen molar-refractivity contribution >= 4 is 16.6 Å². The molecule has 0 saturated heterocycles. The average Bonchev–Trinajstić information content (AvgIpc) is 2.56. The van der Waals surface area contributed by atoms with Crippen LogP contribution in [0.1, 0.15) is 0 Å². The van der Waals surface area contributed by atoms with Crippen LogP contribution < -0.4 is 5.73 Å². The molecule has 116 valence electrons. The molecule has 1 aromatic heterocycles. The van der Waals surface area contributed by atoms with Crippen molar-refractivity contribution in [2.45, 2.75) is 4.90 Å². The van der Waals surface area contributed by atoms with E-state index in [2.05, 4.69) is 4.98 Å². The van der Waals surface area contributed by atoms with Crippen molar-refractivity contribution in [3.8, 4) is 22.3 Å². The van der Waals surface area contributed by atoms with E-state index in [0.717, 1.165) is 27.1 Å². The average molecular weight is 326 g/mol. The van der Waals surface area contributed by atoms with Gasteiger partial charge >= 0.3 is 0 Å². The molecule has 0 spiro atoms. The summed E-state index contributed by atoms with van der Waals surface area (Å²) in [7, 11) is -1.02. The van der Waals surface area contributed by atoms with E-state index in [1.807, 2.05) is 30.3 Å². The highest BCUT2D eigenvalue weighted by Crippen LogP contribution is 2.35. The third kappa shape index (κ3) is 3.14. The maximum atomic E-state index is 13.2. The van der Waals surface area contributed by atoms with E-state index in [1.165, 1.54) is 12.1 Å². The van der Waals surface area contributed by atoms with Crippen LogP contribution in [-0.4, -0.2) is 15.4 Å². The topological polar surface area (TPSA) is 56.0 Å². The molecule has 3 nitrogen and oxygen atoms in total. The van der Waals surface area contributed by atoms with Crippen LogP contribution in [-0.2, 0) is 10.8 Å². The molecule has 3 rings (SSSR count). The van der Waals surface area contributed by atoms with Gasteiger partial charge < -0.3 is 5.73 Å². The normalized spacial score (nSPS) is 12.1. The summed E-state index contributed by atoms with van der Waals surface area (Å²) < 4.78 is 24.7. The Balaban J connectivity index is 2.14. The fourth-order valence-corrected chi connectivity index (χ4v) is 2.98. The van der Waals surface area contributed by atoms with Crippen molar-refractivity contribution in [3.05, 3.63) is 66.6 Å². The molecule has 0 saturated carbocycles. The summed E-state index contributed by atoms with van der Waals surface area (Å²) in [5.41, 5.74) is 9.45. The second kappa shape index (κ2) is 6.30. The van der Waals surface area contributed by atoms with E-state index < -0.39 is 10.8 Å². The van der Waals surface area contributed by atoms with E-state index in [4.69, 9.17) is 5.73 Å². The van der Waals surface area contributed by atoms with Crippen LogP contribution in [0.2, 0.25) is 0 Å². The van der Waals surface area contributed by atoms with Crippen molar-refractivity contribution in [2.75, 3.05) is 12.0 Å². The Bertz CT molecular complexity index is 861. The first-order chi connectivity index (χ1) is 11.1. The summed E-state index contributed by atoms with van der Waals surface area (Å²) in [5, 5.41) is 0. The first-order valence-corrected chi connectivity index (χ1v) is 8.56. The summed E-state index contributed by atoms with van der Waals surface area (Å²) in [6.45, 7) is 0. The maximum absolute atomic E-state index is 13.2. The minimum absolute atomic E-state index is 0.299. The molecule has 1 atom stereocenters. The maximum Gasteiger partial charge on any atom is 0.131 e. The van der Waals surface area contributed by atoms with E-state index in [0.29, 0.717) is 5.82 Å². The highest BCUT2D eigenvalue weighted by Gasteiger charge is 2.12. The number of rotatable bonds is 3. The molecule has 0 aliphatic heterocycles. The first kappa shape index (κ1) is 15.4. The summed E-state index contributed by atoms with van der Waals surface area (Å²) in [5.74, 6) is 0.0878. The Morgan fingerprint density at radius 1 is 0.957 bits per heavy atom. The largest absolute Gasteiger partial charge is 0.383 e. The van der Waals surface area contributed by atoms with Gasteiger partial charge in [0.15, 0.2) is 0 Å². The molecule has 0 aliphatic carbocycles. The Kier molecular flexibility index (Phi) is 4.21. The summed E-state index contributed by atoms with van der Waals surface area (Å²) >= 11 is 0. The predicted molar refractivity (Wildman–Crippen MR) is 91.8 cm³/mol. The van der Waals surface area contributed by atoms with Gasteiger partial charge in [-0.25, -0.2) is 9.37 Å². The number of nitrogens with two attached hydrogens (primary N) is 1. The molecule has 0 fully saturated rings. The smallest absolute Gasteiger partial charge is 0.131 e. The number of halogens is 1.